The van der Waals surface area contributed by atoms with E-state index in [1.165, 1.54) is 13.8 Å². The van der Waals surface area contributed by atoms with Crippen molar-refractivity contribution in [3.63, 3.8) is 0 Å². The van der Waals surface area contributed by atoms with Crippen LogP contribution in [0.15, 0.2) is 6.20 Å². The first-order chi connectivity index (χ1) is 13.7. The van der Waals surface area contributed by atoms with Crippen molar-refractivity contribution in [1.82, 2.24) is 14.8 Å². The predicted octanol–water partition coefficient (Wildman–Crippen LogP) is 3.90. The summed E-state index contributed by atoms with van der Waals surface area (Å²) in [5.41, 5.74) is -10.2. The van der Waals surface area contributed by atoms with Crippen molar-refractivity contribution in [3.8, 4) is 5.75 Å². The third-order valence-electron chi connectivity index (χ3n) is 3.26. The minimum atomic E-state index is -6.41. The molecule has 2 heterocycles. The van der Waals surface area contributed by atoms with Gasteiger partial charge >= 0.3 is 27.8 Å². The van der Waals surface area contributed by atoms with E-state index in [2.05, 4.69) is 19.0 Å². The Morgan fingerprint density at radius 3 is 2.13 bits per heavy atom. The first-order valence-electron chi connectivity index (χ1n) is 8.39. The average Bonchev–Trinajstić information content (AvgIpc) is 3.04. The van der Waals surface area contributed by atoms with Gasteiger partial charge in [-0.25, -0.2) is 14.5 Å². The lowest BCUT2D eigenvalue weighted by Gasteiger charge is -2.17. The molecule has 15 heteroatoms. The number of pyridine rings is 1. The van der Waals surface area contributed by atoms with E-state index in [0.29, 0.717) is 0 Å². The first-order valence-corrected chi connectivity index (χ1v) is 9.80. The van der Waals surface area contributed by atoms with Crippen LogP contribution in [0.5, 0.6) is 5.75 Å². The maximum absolute atomic E-state index is 13.4. The third kappa shape index (κ3) is 4.94. The van der Waals surface area contributed by atoms with Crippen molar-refractivity contribution in [2.75, 3.05) is 6.61 Å². The summed E-state index contributed by atoms with van der Waals surface area (Å²) < 4.78 is 110. The minimum Gasteiger partial charge on any atom is -0.462 e. The maximum atomic E-state index is 13.4. The summed E-state index contributed by atoms with van der Waals surface area (Å²) >= 11 is 0. The summed E-state index contributed by atoms with van der Waals surface area (Å²) in [5.74, 6) is -3.28. The van der Waals surface area contributed by atoms with Crippen LogP contribution in [0.2, 0.25) is 0 Å². The first kappa shape index (κ1) is 25.5. The molecule has 0 saturated carbocycles. The Morgan fingerprint density at radius 1 is 1.13 bits per heavy atom. The number of nitrogens with zero attached hydrogens (tertiary/aromatic N) is 3. The van der Waals surface area contributed by atoms with Crippen molar-refractivity contribution in [2.45, 2.75) is 45.9 Å². The molecule has 0 amide bonds. The van der Waals surface area contributed by atoms with Crippen molar-refractivity contribution >= 4 is 27.1 Å². The zero-order valence-corrected chi connectivity index (χ0v) is 16.9. The topological polar surface area (TPSA) is 100 Å². The molecule has 170 valence electrons. The molecule has 30 heavy (non-hydrogen) atoms. The third-order valence-corrected chi connectivity index (χ3v) is 4.21. The van der Waals surface area contributed by atoms with E-state index < -0.39 is 62.4 Å². The standard InChI is InChI=1S/C13H11F6N3O5S.C2H6/c1-3-22-10-6(5-20-22)8(27-28(24,25)13(17,18)19)7(11(23)26-4-2)9(21-10)12(14,15)16;1-2/h5H,3-4H2,1-2H3;1-2H3. The minimum absolute atomic E-state index is 0.0575. The number of aryl methyl sites for hydroxylation is 1. The van der Waals surface area contributed by atoms with Crippen LogP contribution in [-0.4, -0.2) is 41.3 Å². The van der Waals surface area contributed by atoms with Crippen molar-refractivity contribution in [3.05, 3.63) is 17.5 Å². The molecule has 0 bridgehead atoms. The van der Waals surface area contributed by atoms with Crippen molar-refractivity contribution in [2.24, 2.45) is 0 Å². The van der Waals surface area contributed by atoms with Gasteiger partial charge in [0, 0.05) is 6.54 Å². The maximum Gasteiger partial charge on any atom is 0.534 e. The number of halogens is 6. The summed E-state index contributed by atoms with van der Waals surface area (Å²) in [7, 11) is -6.41. The van der Waals surface area contributed by atoms with Gasteiger partial charge < -0.3 is 8.92 Å². The number of carbonyl (C=O) groups is 1. The summed E-state index contributed by atoms with van der Waals surface area (Å²) in [4.78, 5) is 15.3. The van der Waals surface area contributed by atoms with Crippen molar-refractivity contribution < 1.29 is 48.5 Å². The molecule has 0 aliphatic carbocycles. The molecule has 0 saturated heterocycles. The number of hydrogen-bond acceptors (Lipinski definition) is 7. The Kier molecular flexibility index (Phi) is 7.68. The lowest BCUT2D eigenvalue weighted by molar-refractivity contribution is -0.141. The molecule has 0 radical (unpaired) electrons. The van der Waals surface area contributed by atoms with E-state index in [-0.39, 0.29) is 6.54 Å². The Morgan fingerprint density at radius 2 is 1.70 bits per heavy atom. The highest BCUT2D eigenvalue weighted by Gasteiger charge is 2.50. The van der Waals surface area contributed by atoms with Gasteiger partial charge in [0.1, 0.15) is 5.56 Å². The van der Waals surface area contributed by atoms with Crippen LogP contribution >= 0.6 is 0 Å². The van der Waals surface area contributed by atoms with Crippen LogP contribution in [-0.2, 0) is 27.6 Å². The SMILES string of the molecule is CC.CCOC(=O)c1c(C(F)(F)F)nc2c(cnn2CC)c1OS(=O)(=O)C(F)(F)F. The summed E-state index contributed by atoms with van der Waals surface area (Å²) in [6.45, 7) is 6.15. The number of esters is 1. The highest BCUT2D eigenvalue weighted by atomic mass is 32.2. The van der Waals surface area contributed by atoms with E-state index in [1.807, 2.05) is 13.8 Å². The van der Waals surface area contributed by atoms with Gasteiger partial charge in [0.15, 0.2) is 17.1 Å². The van der Waals surface area contributed by atoms with Crippen LogP contribution in [0.4, 0.5) is 26.3 Å². The fourth-order valence-electron chi connectivity index (χ4n) is 2.13. The summed E-state index contributed by atoms with van der Waals surface area (Å²) in [6.07, 6.45) is -4.62. The zero-order valence-electron chi connectivity index (χ0n) is 16.1. The Hall–Kier alpha value is -2.58. The number of hydrogen-bond donors (Lipinski definition) is 0. The summed E-state index contributed by atoms with van der Waals surface area (Å²) in [5, 5.41) is 2.97. The second-order valence-corrected chi connectivity index (χ2v) is 6.60. The average molecular weight is 465 g/mol. The molecule has 2 rings (SSSR count). The predicted molar refractivity (Wildman–Crippen MR) is 91.1 cm³/mol. The Labute approximate surface area is 166 Å². The fraction of sp³-hybridized carbons (Fsp3) is 0.533. The monoisotopic (exact) mass is 465 g/mol. The fourth-order valence-corrected chi connectivity index (χ4v) is 2.62. The molecular weight excluding hydrogens is 448 g/mol. The molecule has 0 atom stereocenters. The molecule has 0 N–H and O–H groups in total. The largest absolute Gasteiger partial charge is 0.534 e. The van der Waals surface area contributed by atoms with E-state index in [0.717, 1.165) is 10.9 Å². The number of ether oxygens (including phenoxy) is 1. The Balaban J connectivity index is 0.00000218. The smallest absolute Gasteiger partial charge is 0.462 e. The van der Waals surface area contributed by atoms with Gasteiger partial charge in [0.25, 0.3) is 0 Å². The van der Waals surface area contributed by atoms with Gasteiger partial charge in [-0.15, -0.1) is 0 Å². The second kappa shape index (κ2) is 9.06. The molecular formula is C15H17F6N3O5S. The van der Waals surface area contributed by atoms with Gasteiger partial charge in [0.2, 0.25) is 0 Å². The molecule has 0 unspecified atom stereocenters. The van der Waals surface area contributed by atoms with E-state index in [9.17, 15) is 39.6 Å². The van der Waals surface area contributed by atoms with E-state index >= 15 is 0 Å². The highest BCUT2D eigenvalue weighted by Crippen LogP contribution is 2.41. The quantitative estimate of drug-likeness (QED) is 0.286. The number of rotatable bonds is 5. The van der Waals surface area contributed by atoms with E-state index in [1.54, 1.807) is 0 Å². The van der Waals surface area contributed by atoms with Gasteiger partial charge in [0.05, 0.1) is 18.2 Å². The molecule has 2 aromatic heterocycles. The molecule has 0 aromatic carbocycles. The van der Waals surface area contributed by atoms with Crippen LogP contribution in [0.1, 0.15) is 43.7 Å². The molecule has 0 aliphatic rings. The second-order valence-electron chi connectivity index (χ2n) is 5.06. The molecule has 0 spiro atoms. The number of alkyl halides is 6. The van der Waals surface area contributed by atoms with Gasteiger partial charge in [-0.2, -0.15) is 39.9 Å². The lowest BCUT2D eigenvalue weighted by Crippen LogP contribution is -2.29. The lowest BCUT2D eigenvalue weighted by atomic mass is 10.1. The molecule has 2 aromatic rings. The molecule has 8 nitrogen and oxygen atoms in total. The van der Waals surface area contributed by atoms with Crippen LogP contribution in [0.3, 0.4) is 0 Å². The number of fused-ring (bicyclic) bond motifs is 1. The van der Waals surface area contributed by atoms with Gasteiger partial charge in [-0.1, -0.05) is 13.8 Å². The number of aromatic nitrogens is 3. The molecule has 0 aliphatic heterocycles. The van der Waals surface area contributed by atoms with Crippen LogP contribution in [0.25, 0.3) is 11.0 Å². The normalized spacial score (nSPS) is 12.3. The van der Waals surface area contributed by atoms with Crippen LogP contribution < -0.4 is 4.18 Å². The summed E-state index contributed by atoms with van der Waals surface area (Å²) in [6, 6.07) is 0. The molecule has 0 fully saturated rings. The zero-order chi connectivity index (χ0) is 23.5. The highest BCUT2D eigenvalue weighted by molar-refractivity contribution is 7.88. The van der Waals surface area contributed by atoms with Gasteiger partial charge in [-0.05, 0) is 13.8 Å². The van der Waals surface area contributed by atoms with Crippen LogP contribution in [0, 0.1) is 0 Å². The van der Waals surface area contributed by atoms with Crippen molar-refractivity contribution in [1.29, 1.82) is 0 Å². The Bertz CT molecular complexity index is 1010. The number of carbonyl (C=O) groups excluding carboxylic acids is 1. The van der Waals surface area contributed by atoms with E-state index in [4.69, 9.17) is 0 Å². The van der Waals surface area contributed by atoms with Gasteiger partial charge in [-0.3, -0.25) is 0 Å².